The van der Waals surface area contributed by atoms with Gasteiger partial charge in [0.2, 0.25) is 5.91 Å². The first-order chi connectivity index (χ1) is 12.5. The fourth-order valence-electron chi connectivity index (χ4n) is 4.83. The van der Waals surface area contributed by atoms with Crippen LogP contribution in [-0.4, -0.2) is 97.5 Å². The Labute approximate surface area is 160 Å². The Morgan fingerprint density at radius 3 is 2.00 bits per heavy atom. The minimum absolute atomic E-state index is 0.420. The van der Waals surface area contributed by atoms with Gasteiger partial charge in [0.25, 0.3) is 0 Å². The molecule has 0 unspecified atom stereocenters. The van der Waals surface area contributed by atoms with E-state index in [1.807, 2.05) is 0 Å². The van der Waals surface area contributed by atoms with Gasteiger partial charge >= 0.3 is 0 Å². The molecule has 3 aliphatic rings. The maximum Gasteiger partial charge on any atom is 0.222 e. The SMILES string of the molecule is CC(C)N1CCN(CC2CCN(C(=O)CC3CCN(C)CC3)CC2)CC1. The molecular weight excluding hydrogens is 324 g/mol. The number of hydrogen-bond acceptors (Lipinski definition) is 4. The number of piperidine rings is 2. The van der Waals surface area contributed by atoms with E-state index in [1.165, 1.54) is 58.4 Å². The highest BCUT2D eigenvalue weighted by Gasteiger charge is 2.28. The lowest BCUT2D eigenvalue weighted by Gasteiger charge is -2.40. The van der Waals surface area contributed by atoms with Gasteiger partial charge in [0.15, 0.2) is 0 Å². The molecule has 0 atom stereocenters. The fraction of sp³-hybridized carbons (Fsp3) is 0.952. The molecule has 3 heterocycles. The topological polar surface area (TPSA) is 30.0 Å². The van der Waals surface area contributed by atoms with Gasteiger partial charge in [-0.15, -0.1) is 0 Å². The van der Waals surface area contributed by atoms with Crippen LogP contribution in [0.3, 0.4) is 0 Å². The van der Waals surface area contributed by atoms with Crippen molar-refractivity contribution in [3.8, 4) is 0 Å². The average Bonchev–Trinajstić information content (AvgIpc) is 2.64. The zero-order chi connectivity index (χ0) is 18.5. The van der Waals surface area contributed by atoms with E-state index in [9.17, 15) is 4.79 Å². The standard InChI is InChI=1S/C21H40N4O/c1-18(2)24-14-12-23(13-15-24)17-20-6-10-25(11-7-20)21(26)16-19-4-8-22(3)9-5-19/h18-20H,4-17H2,1-3H3. The van der Waals surface area contributed by atoms with E-state index < -0.39 is 0 Å². The van der Waals surface area contributed by atoms with Crippen LogP contribution in [0.5, 0.6) is 0 Å². The molecule has 0 aromatic carbocycles. The van der Waals surface area contributed by atoms with Crippen molar-refractivity contribution in [3.63, 3.8) is 0 Å². The Hall–Kier alpha value is -0.650. The van der Waals surface area contributed by atoms with Crippen molar-refractivity contribution in [1.29, 1.82) is 0 Å². The molecule has 0 spiro atoms. The highest BCUT2D eigenvalue weighted by Crippen LogP contribution is 2.24. The van der Waals surface area contributed by atoms with Crippen molar-refractivity contribution >= 4 is 5.91 Å². The second-order valence-corrected chi connectivity index (χ2v) is 9.21. The summed E-state index contributed by atoms with van der Waals surface area (Å²) in [5.74, 6) is 1.82. The predicted octanol–water partition coefficient (Wildman–Crippen LogP) is 1.98. The number of amides is 1. The van der Waals surface area contributed by atoms with Crippen LogP contribution in [0, 0.1) is 11.8 Å². The third-order valence-electron chi connectivity index (χ3n) is 6.92. The minimum atomic E-state index is 0.420. The summed E-state index contributed by atoms with van der Waals surface area (Å²) in [6.07, 6.45) is 5.57. The lowest BCUT2D eigenvalue weighted by molar-refractivity contribution is -0.134. The smallest absolute Gasteiger partial charge is 0.222 e. The number of piperazine rings is 1. The van der Waals surface area contributed by atoms with E-state index in [0.717, 1.165) is 38.5 Å². The summed E-state index contributed by atoms with van der Waals surface area (Å²) in [6.45, 7) is 15.0. The molecule has 0 radical (unpaired) electrons. The van der Waals surface area contributed by atoms with Crippen LogP contribution in [0.25, 0.3) is 0 Å². The van der Waals surface area contributed by atoms with Crippen LogP contribution in [-0.2, 0) is 4.79 Å². The van der Waals surface area contributed by atoms with E-state index >= 15 is 0 Å². The summed E-state index contributed by atoms with van der Waals surface area (Å²) in [5, 5.41) is 0. The number of likely N-dealkylation sites (tertiary alicyclic amines) is 2. The molecule has 0 bridgehead atoms. The fourth-order valence-corrected chi connectivity index (χ4v) is 4.83. The van der Waals surface area contributed by atoms with Crippen molar-refractivity contribution in [2.45, 2.75) is 52.0 Å². The summed E-state index contributed by atoms with van der Waals surface area (Å²) in [4.78, 5) is 22.4. The van der Waals surface area contributed by atoms with Gasteiger partial charge < -0.3 is 14.7 Å². The Bertz CT molecular complexity index is 431. The molecule has 3 aliphatic heterocycles. The molecule has 0 aromatic rings. The maximum absolute atomic E-state index is 12.6. The van der Waals surface area contributed by atoms with E-state index in [2.05, 4.69) is 40.5 Å². The van der Waals surface area contributed by atoms with Gasteiger partial charge in [-0.05, 0) is 71.5 Å². The molecule has 26 heavy (non-hydrogen) atoms. The van der Waals surface area contributed by atoms with E-state index in [4.69, 9.17) is 0 Å². The first-order valence-electron chi connectivity index (χ1n) is 10.9. The van der Waals surface area contributed by atoms with Crippen molar-refractivity contribution in [2.75, 3.05) is 66.0 Å². The van der Waals surface area contributed by atoms with E-state index in [-0.39, 0.29) is 0 Å². The molecule has 0 aliphatic carbocycles. The monoisotopic (exact) mass is 364 g/mol. The molecule has 5 heteroatoms. The molecular formula is C21H40N4O. The third-order valence-corrected chi connectivity index (χ3v) is 6.92. The molecule has 0 N–H and O–H groups in total. The van der Waals surface area contributed by atoms with Crippen LogP contribution in [0.1, 0.15) is 46.0 Å². The lowest BCUT2D eigenvalue weighted by atomic mass is 9.91. The molecule has 0 saturated carbocycles. The van der Waals surface area contributed by atoms with Crippen LogP contribution in [0.4, 0.5) is 0 Å². The number of rotatable bonds is 5. The first kappa shape index (κ1) is 20.1. The number of carbonyl (C=O) groups excluding carboxylic acids is 1. The average molecular weight is 365 g/mol. The number of nitrogens with zero attached hydrogens (tertiary/aromatic N) is 4. The van der Waals surface area contributed by atoms with E-state index in [0.29, 0.717) is 17.9 Å². The quantitative estimate of drug-likeness (QED) is 0.746. The van der Waals surface area contributed by atoms with Crippen LogP contribution >= 0.6 is 0 Å². The molecule has 3 rings (SSSR count). The van der Waals surface area contributed by atoms with Crippen LogP contribution < -0.4 is 0 Å². The van der Waals surface area contributed by atoms with Gasteiger partial charge in [0.1, 0.15) is 0 Å². The van der Waals surface area contributed by atoms with Crippen LogP contribution in [0.2, 0.25) is 0 Å². The van der Waals surface area contributed by atoms with Crippen molar-refractivity contribution < 1.29 is 4.79 Å². The summed E-state index contributed by atoms with van der Waals surface area (Å²) in [7, 11) is 2.19. The van der Waals surface area contributed by atoms with Gasteiger partial charge in [-0.3, -0.25) is 9.69 Å². The lowest BCUT2D eigenvalue weighted by Crippen LogP contribution is -2.50. The largest absolute Gasteiger partial charge is 0.343 e. The Morgan fingerprint density at radius 2 is 1.42 bits per heavy atom. The molecule has 3 fully saturated rings. The summed E-state index contributed by atoms with van der Waals surface area (Å²) in [5.41, 5.74) is 0. The van der Waals surface area contributed by atoms with Crippen LogP contribution in [0.15, 0.2) is 0 Å². The third kappa shape index (κ3) is 5.67. The maximum atomic E-state index is 12.6. The van der Waals surface area contributed by atoms with Crippen molar-refractivity contribution in [2.24, 2.45) is 11.8 Å². The molecule has 5 nitrogen and oxygen atoms in total. The van der Waals surface area contributed by atoms with Crippen molar-refractivity contribution in [1.82, 2.24) is 19.6 Å². The Morgan fingerprint density at radius 1 is 0.846 bits per heavy atom. The van der Waals surface area contributed by atoms with Gasteiger partial charge in [-0.25, -0.2) is 0 Å². The van der Waals surface area contributed by atoms with Crippen molar-refractivity contribution in [3.05, 3.63) is 0 Å². The second-order valence-electron chi connectivity index (χ2n) is 9.21. The second kappa shape index (κ2) is 9.52. The van der Waals surface area contributed by atoms with Gasteiger partial charge in [-0.2, -0.15) is 0 Å². The molecule has 150 valence electrons. The molecule has 3 saturated heterocycles. The summed E-state index contributed by atoms with van der Waals surface area (Å²) >= 11 is 0. The zero-order valence-electron chi connectivity index (χ0n) is 17.3. The minimum Gasteiger partial charge on any atom is -0.343 e. The Balaban J connectivity index is 1.33. The first-order valence-corrected chi connectivity index (χ1v) is 10.9. The normalized spacial score (nSPS) is 25.9. The van der Waals surface area contributed by atoms with E-state index in [1.54, 1.807) is 0 Å². The Kier molecular flexibility index (Phi) is 7.35. The number of carbonyl (C=O) groups is 1. The van der Waals surface area contributed by atoms with Gasteiger partial charge in [0.05, 0.1) is 0 Å². The van der Waals surface area contributed by atoms with Gasteiger partial charge in [0, 0.05) is 58.3 Å². The molecule has 0 aromatic heterocycles. The summed E-state index contributed by atoms with van der Waals surface area (Å²) in [6, 6.07) is 0.677. The number of hydrogen-bond donors (Lipinski definition) is 0. The summed E-state index contributed by atoms with van der Waals surface area (Å²) < 4.78 is 0. The molecule has 1 amide bonds. The highest BCUT2D eigenvalue weighted by atomic mass is 16.2. The van der Waals surface area contributed by atoms with Gasteiger partial charge in [-0.1, -0.05) is 0 Å². The zero-order valence-corrected chi connectivity index (χ0v) is 17.3. The predicted molar refractivity (Wildman–Crippen MR) is 107 cm³/mol. The highest BCUT2D eigenvalue weighted by molar-refractivity contribution is 5.76.